The fourth-order valence-electron chi connectivity index (χ4n) is 1.40. The molecule has 124 valence electrons. The molecule has 0 saturated carbocycles. The lowest BCUT2D eigenvalue weighted by molar-refractivity contribution is 0.0127. The zero-order valence-corrected chi connectivity index (χ0v) is 13.6. The fourth-order valence-corrected chi connectivity index (χ4v) is 2.23. The smallest absolute Gasteiger partial charge is 0.407 e. The van der Waals surface area contributed by atoms with Gasteiger partial charge in [0.15, 0.2) is 5.69 Å². The summed E-state index contributed by atoms with van der Waals surface area (Å²) < 4.78 is 9.51. The third-order valence-corrected chi connectivity index (χ3v) is 3.30. The van der Waals surface area contributed by atoms with Crippen LogP contribution >= 0.6 is 11.3 Å². The van der Waals surface area contributed by atoms with Gasteiger partial charge >= 0.3 is 12.1 Å². The van der Waals surface area contributed by atoms with Gasteiger partial charge in [0.2, 0.25) is 0 Å². The quantitative estimate of drug-likeness (QED) is 0.684. The van der Waals surface area contributed by atoms with Gasteiger partial charge in [-0.1, -0.05) is 0 Å². The summed E-state index contributed by atoms with van der Waals surface area (Å²) in [6, 6.07) is 0. The molecule has 1 amide bonds. The van der Waals surface area contributed by atoms with E-state index in [0.29, 0.717) is 0 Å². The fraction of sp³-hybridized carbons (Fsp3) is 0.615. The number of hydrogen-bond donors (Lipinski definition) is 3. The number of esters is 1. The van der Waals surface area contributed by atoms with Gasteiger partial charge in [0.25, 0.3) is 0 Å². The highest BCUT2D eigenvalue weighted by molar-refractivity contribution is 7.09. The Labute approximate surface area is 132 Å². The molecule has 0 aliphatic carbocycles. The molecule has 0 fully saturated rings. The van der Waals surface area contributed by atoms with E-state index in [2.05, 4.69) is 15.0 Å². The van der Waals surface area contributed by atoms with Gasteiger partial charge in [0.05, 0.1) is 7.11 Å². The third-order valence-electron chi connectivity index (χ3n) is 2.39. The van der Waals surface area contributed by atoms with Gasteiger partial charge < -0.3 is 25.0 Å². The average molecular weight is 332 g/mol. The Morgan fingerprint density at radius 3 is 2.59 bits per heavy atom. The molecule has 0 saturated heterocycles. The zero-order valence-electron chi connectivity index (χ0n) is 12.8. The van der Waals surface area contributed by atoms with Crippen molar-refractivity contribution in [2.24, 2.45) is 0 Å². The third kappa shape index (κ3) is 5.58. The molecule has 1 heterocycles. The number of methoxy groups -OCH3 is 1. The second kappa shape index (κ2) is 7.52. The van der Waals surface area contributed by atoms with Crippen LogP contribution in [0.3, 0.4) is 0 Å². The van der Waals surface area contributed by atoms with E-state index in [1.54, 1.807) is 20.8 Å². The molecule has 3 N–H and O–H groups in total. The highest BCUT2D eigenvalue weighted by Gasteiger charge is 2.24. The molecule has 0 spiro atoms. The van der Waals surface area contributed by atoms with Crippen molar-refractivity contribution in [3.8, 4) is 0 Å². The largest absolute Gasteiger partial charge is 0.464 e. The van der Waals surface area contributed by atoms with Crippen LogP contribution in [-0.2, 0) is 9.47 Å². The number of aliphatic hydroxyl groups excluding tert-OH is 2. The topological polar surface area (TPSA) is 118 Å². The van der Waals surface area contributed by atoms with E-state index < -0.39 is 29.9 Å². The molecule has 9 heteroatoms. The van der Waals surface area contributed by atoms with Crippen molar-refractivity contribution < 1.29 is 29.3 Å². The van der Waals surface area contributed by atoms with Crippen LogP contribution in [-0.4, -0.2) is 52.6 Å². The van der Waals surface area contributed by atoms with Crippen LogP contribution in [0.2, 0.25) is 0 Å². The van der Waals surface area contributed by atoms with E-state index in [9.17, 15) is 19.8 Å². The Balaban J connectivity index is 2.54. The van der Waals surface area contributed by atoms with Crippen molar-refractivity contribution in [1.82, 2.24) is 10.3 Å². The van der Waals surface area contributed by atoms with Crippen LogP contribution in [0, 0.1) is 0 Å². The number of carbonyl (C=O) groups excluding carboxylic acids is 2. The van der Waals surface area contributed by atoms with Crippen molar-refractivity contribution in [1.29, 1.82) is 0 Å². The molecule has 8 nitrogen and oxygen atoms in total. The molecule has 0 aliphatic rings. The molecule has 22 heavy (non-hydrogen) atoms. The Kier molecular flexibility index (Phi) is 6.27. The molecular weight excluding hydrogens is 312 g/mol. The second-order valence-electron chi connectivity index (χ2n) is 5.46. The van der Waals surface area contributed by atoms with Crippen LogP contribution in [0.1, 0.15) is 42.4 Å². The maximum absolute atomic E-state index is 11.5. The molecule has 0 radical (unpaired) electrons. The van der Waals surface area contributed by atoms with E-state index in [4.69, 9.17) is 4.74 Å². The molecule has 2 unspecified atom stereocenters. The SMILES string of the molecule is COC(=O)c1csc(C(O)C(O)CNC(=O)OC(C)(C)C)n1. The summed E-state index contributed by atoms with van der Waals surface area (Å²) in [4.78, 5) is 26.6. The maximum atomic E-state index is 11.5. The minimum absolute atomic E-state index is 0.0499. The zero-order chi connectivity index (χ0) is 16.9. The highest BCUT2D eigenvalue weighted by atomic mass is 32.1. The number of nitrogens with zero attached hydrogens (tertiary/aromatic N) is 1. The normalized spacial score (nSPS) is 14.1. The standard InChI is InChI=1S/C13H20N2O6S/c1-13(2,3)21-12(19)14-5-8(16)9(17)10-15-7(6-22-10)11(18)20-4/h6,8-9,16-17H,5H2,1-4H3,(H,14,19). The van der Waals surface area contributed by atoms with E-state index in [0.717, 1.165) is 11.3 Å². The van der Waals surface area contributed by atoms with Gasteiger partial charge in [-0.3, -0.25) is 0 Å². The molecule has 0 aromatic carbocycles. The van der Waals surface area contributed by atoms with Crippen LogP contribution in [0.5, 0.6) is 0 Å². The number of amides is 1. The van der Waals surface area contributed by atoms with Crippen molar-refractivity contribution in [2.45, 2.75) is 38.6 Å². The number of rotatable bonds is 5. The second-order valence-corrected chi connectivity index (χ2v) is 6.35. The van der Waals surface area contributed by atoms with Gasteiger partial charge in [-0.05, 0) is 20.8 Å². The van der Waals surface area contributed by atoms with Crippen molar-refractivity contribution in [2.75, 3.05) is 13.7 Å². The maximum Gasteiger partial charge on any atom is 0.407 e. The minimum atomic E-state index is -1.33. The van der Waals surface area contributed by atoms with E-state index in [1.165, 1.54) is 12.5 Å². The van der Waals surface area contributed by atoms with E-state index in [-0.39, 0.29) is 17.2 Å². The van der Waals surface area contributed by atoms with E-state index >= 15 is 0 Å². The Morgan fingerprint density at radius 1 is 1.41 bits per heavy atom. The first-order chi connectivity index (χ1) is 10.1. The van der Waals surface area contributed by atoms with Crippen LogP contribution in [0.4, 0.5) is 4.79 Å². The molecule has 0 bridgehead atoms. The molecule has 1 rings (SSSR count). The Morgan fingerprint density at radius 2 is 2.05 bits per heavy atom. The highest BCUT2D eigenvalue weighted by Crippen LogP contribution is 2.21. The lowest BCUT2D eigenvalue weighted by Gasteiger charge is -2.21. The van der Waals surface area contributed by atoms with Gasteiger partial charge in [-0.2, -0.15) is 0 Å². The van der Waals surface area contributed by atoms with Crippen molar-refractivity contribution in [3.05, 3.63) is 16.1 Å². The summed E-state index contributed by atoms with van der Waals surface area (Å²) >= 11 is 1.01. The van der Waals surface area contributed by atoms with Gasteiger partial charge in [-0.25, -0.2) is 14.6 Å². The van der Waals surface area contributed by atoms with Crippen LogP contribution in [0.15, 0.2) is 5.38 Å². The minimum Gasteiger partial charge on any atom is -0.464 e. The Bertz CT molecular complexity index is 525. The number of hydrogen-bond acceptors (Lipinski definition) is 8. The summed E-state index contributed by atoms with van der Waals surface area (Å²) in [6.45, 7) is 4.91. The molecular formula is C13H20N2O6S. The summed E-state index contributed by atoms with van der Waals surface area (Å²) in [5.74, 6) is -0.629. The number of aromatic nitrogens is 1. The Hall–Kier alpha value is -1.71. The van der Waals surface area contributed by atoms with Crippen LogP contribution in [0.25, 0.3) is 0 Å². The average Bonchev–Trinajstić information content (AvgIpc) is 2.90. The predicted octanol–water partition coefficient (Wildman–Crippen LogP) is 0.849. The first-order valence-corrected chi connectivity index (χ1v) is 7.38. The summed E-state index contributed by atoms with van der Waals surface area (Å²) in [6.07, 6.45) is -3.32. The molecule has 1 aromatic rings. The summed E-state index contributed by atoms with van der Waals surface area (Å²) in [5.41, 5.74) is -0.605. The summed E-state index contributed by atoms with van der Waals surface area (Å²) in [5, 5.41) is 23.7. The number of alkyl carbamates (subject to hydrolysis) is 1. The van der Waals surface area contributed by atoms with Gasteiger partial charge in [0, 0.05) is 11.9 Å². The first kappa shape index (κ1) is 18.3. The lowest BCUT2D eigenvalue weighted by atomic mass is 10.2. The number of nitrogens with one attached hydrogen (secondary N) is 1. The predicted molar refractivity (Wildman–Crippen MR) is 78.7 cm³/mol. The molecule has 2 atom stereocenters. The number of carbonyl (C=O) groups is 2. The molecule has 1 aromatic heterocycles. The van der Waals surface area contributed by atoms with E-state index in [1.807, 2.05) is 0 Å². The lowest BCUT2D eigenvalue weighted by Crippen LogP contribution is -2.38. The number of ether oxygens (including phenoxy) is 2. The molecule has 0 aliphatic heterocycles. The number of thiazole rings is 1. The number of aliphatic hydroxyl groups is 2. The van der Waals surface area contributed by atoms with Crippen molar-refractivity contribution >= 4 is 23.4 Å². The van der Waals surface area contributed by atoms with Crippen LogP contribution < -0.4 is 5.32 Å². The van der Waals surface area contributed by atoms with Gasteiger partial charge in [-0.15, -0.1) is 11.3 Å². The monoisotopic (exact) mass is 332 g/mol. The van der Waals surface area contributed by atoms with Gasteiger partial charge in [0.1, 0.15) is 22.8 Å². The summed E-state index contributed by atoms with van der Waals surface area (Å²) in [7, 11) is 1.22. The van der Waals surface area contributed by atoms with Crippen molar-refractivity contribution in [3.63, 3.8) is 0 Å². The first-order valence-electron chi connectivity index (χ1n) is 6.50.